The van der Waals surface area contributed by atoms with Crippen molar-refractivity contribution >= 4 is 0 Å². The van der Waals surface area contributed by atoms with Gasteiger partial charge in [-0.15, -0.1) is 0 Å². The van der Waals surface area contributed by atoms with Crippen molar-refractivity contribution in [2.24, 2.45) is 0 Å². The Morgan fingerprint density at radius 2 is 2.41 bits per heavy atom. The Balaban J connectivity index is 1.64. The third kappa shape index (κ3) is 3.89. The Morgan fingerprint density at radius 1 is 1.47 bits per heavy atom. The predicted molar refractivity (Wildman–Crippen MR) is 66.3 cm³/mol. The van der Waals surface area contributed by atoms with Crippen LogP contribution in [0.3, 0.4) is 0 Å². The summed E-state index contributed by atoms with van der Waals surface area (Å²) in [6.45, 7) is 1.76. The molecule has 0 radical (unpaired) electrons. The van der Waals surface area contributed by atoms with Crippen LogP contribution in [0, 0.1) is 0 Å². The average molecular weight is 236 g/mol. The van der Waals surface area contributed by atoms with Gasteiger partial charge in [-0.05, 0) is 44.4 Å². The van der Waals surface area contributed by atoms with Gasteiger partial charge in [0.25, 0.3) is 5.88 Å². The van der Waals surface area contributed by atoms with Crippen molar-refractivity contribution in [3.8, 4) is 11.6 Å². The second kappa shape index (κ2) is 6.45. The van der Waals surface area contributed by atoms with E-state index in [1.165, 1.54) is 19.3 Å². The van der Waals surface area contributed by atoms with Gasteiger partial charge in [0.2, 0.25) is 0 Å². The summed E-state index contributed by atoms with van der Waals surface area (Å²) < 4.78 is 5.44. The van der Waals surface area contributed by atoms with Crippen LogP contribution in [-0.2, 0) is 0 Å². The molecule has 2 rings (SSSR count). The van der Waals surface area contributed by atoms with E-state index >= 15 is 0 Å². The van der Waals surface area contributed by atoms with Gasteiger partial charge in [0.05, 0.1) is 6.61 Å². The number of nitrogens with zero attached hydrogens (tertiary/aromatic N) is 1. The van der Waals surface area contributed by atoms with E-state index in [-0.39, 0.29) is 5.75 Å². The van der Waals surface area contributed by atoms with Crippen LogP contribution in [0.25, 0.3) is 0 Å². The summed E-state index contributed by atoms with van der Waals surface area (Å²) in [5.74, 6) is 0.451. The van der Waals surface area contributed by atoms with E-state index in [4.69, 9.17) is 4.74 Å². The summed E-state index contributed by atoms with van der Waals surface area (Å²) in [4.78, 5) is 3.97. The molecule has 1 aliphatic rings. The predicted octanol–water partition coefficient (Wildman–Crippen LogP) is 2.09. The van der Waals surface area contributed by atoms with E-state index in [1.54, 1.807) is 18.3 Å². The van der Waals surface area contributed by atoms with Gasteiger partial charge in [-0.1, -0.05) is 6.42 Å². The monoisotopic (exact) mass is 236 g/mol. The fraction of sp³-hybridized carbons (Fsp3) is 0.615. The van der Waals surface area contributed by atoms with E-state index < -0.39 is 0 Å². The maximum atomic E-state index is 9.46. The molecule has 0 unspecified atom stereocenters. The lowest BCUT2D eigenvalue weighted by molar-refractivity contribution is 0.264. The van der Waals surface area contributed by atoms with Crippen LogP contribution in [0.1, 0.15) is 32.1 Å². The molecular formula is C13H20N2O2. The molecule has 0 amide bonds. The van der Waals surface area contributed by atoms with Crippen LogP contribution in [-0.4, -0.2) is 29.3 Å². The van der Waals surface area contributed by atoms with Gasteiger partial charge in [0.1, 0.15) is 0 Å². The highest BCUT2D eigenvalue weighted by Gasteiger charge is 2.11. The van der Waals surface area contributed by atoms with Gasteiger partial charge in [0.15, 0.2) is 5.75 Å². The lowest BCUT2D eigenvalue weighted by atomic mass is 10.0. The highest BCUT2D eigenvalue weighted by molar-refractivity contribution is 5.30. The third-order valence-corrected chi connectivity index (χ3v) is 3.10. The Bertz CT molecular complexity index is 338. The Labute approximate surface area is 102 Å². The smallest absolute Gasteiger partial charge is 0.256 e. The first kappa shape index (κ1) is 12.2. The molecule has 1 fully saturated rings. The average Bonchev–Trinajstić information content (AvgIpc) is 2.38. The number of rotatable bonds is 5. The van der Waals surface area contributed by atoms with Gasteiger partial charge in [-0.25, -0.2) is 4.98 Å². The van der Waals surface area contributed by atoms with Crippen LogP contribution in [0.15, 0.2) is 18.3 Å². The summed E-state index contributed by atoms with van der Waals surface area (Å²) >= 11 is 0. The van der Waals surface area contributed by atoms with E-state index in [9.17, 15) is 5.11 Å². The molecule has 1 aromatic rings. The topological polar surface area (TPSA) is 54.4 Å². The molecule has 17 heavy (non-hydrogen) atoms. The maximum absolute atomic E-state index is 9.46. The number of aromatic hydroxyl groups is 1. The van der Waals surface area contributed by atoms with Crippen molar-refractivity contribution in [3.63, 3.8) is 0 Å². The molecule has 0 bridgehead atoms. The fourth-order valence-electron chi connectivity index (χ4n) is 2.16. The maximum Gasteiger partial charge on any atom is 0.256 e. The highest BCUT2D eigenvalue weighted by Crippen LogP contribution is 2.21. The van der Waals surface area contributed by atoms with Crippen LogP contribution in [0.5, 0.6) is 11.6 Å². The molecule has 0 spiro atoms. The van der Waals surface area contributed by atoms with E-state index in [1.807, 2.05) is 0 Å². The molecule has 2 N–H and O–H groups in total. The second-order valence-corrected chi connectivity index (χ2v) is 4.47. The zero-order valence-electron chi connectivity index (χ0n) is 10.1. The Hall–Kier alpha value is -1.29. The molecule has 2 heterocycles. The van der Waals surface area contributed by atoms with Crippen LogP contribution in [0.4, 0.5) is 0 Å². The number of pyridine rings is 1. The molecule has 1 saturated heterocycles. The van der Waals surface area contributed by atoms with Crippen molar-refractivity contribution in [1.82, 2.24) is 10.3 Å². The molecule has 1 aromatic heterocycles. The zero-order chi connectivity index (χ0) is 11.9. The fourth-order valence-corrected chi connectivity index (χ4v) is 2.16. The van der Waals surface area contributed by atoms with Gasteiger partial charge in [0, 0.05) is 12.2 Å². The van der Waals surface area contributed by atoms with Gasteiger partial charge in [-0.3, -0.25) is 0 Å². The highest BCUT2D eigenvalue weighted by atomic mass is 16.5. The van der Waals surface area contributed by atoms with Gasteiger partial charge >= 0.3 is 0 Å². The second-order valence-electron chi connectivity index (χ2n) is 4.47. The summed E-state index contributed by atoms with van der Waals surface area (Å²) in [6.07, 6.45) is 7.65. The lowest BCUT2D eigenvalue weighted by Crippen LogP contribution is -2.34. The van der Waals surface area contributed by atoms with Crippen LogP contribution < -0.4 is 10.1 Å². The molecule has 94 valence electrons. The standard InChI is InChI=1S/C13H20N2O2/c16-12-7-3-9-15-13(12)17-10-4-6-11-5-1-2-8-14-11/h3,7,9,11,14,16H,1-2,4-6,8,10H2/t11-/m1/s1. The SMILES string of the molecule is Oc1cccnc1OCCC[C@H]1CCCCN1. The molecule has 0 aromatic carbocycles. The number of nitrogens with one attached hydrogen (secondary N) is 1. The molecule has 4 nitrogen and oxygen atoms in total. The van der Waals surface area contributed by atoms with Crippen molar-refractivity contribution in [3.05, 3.63) is 18.3 Å². The Kier molecular flexibility index (Phi) is 4.62. The molecule has 1 aliphatic heterocycles. The summed E-state index contributed by atoms with van der Waals surface area (Å²) in [6, 6.07) is 3.92. The van der Waals surface area contributed by atoms with E-state index in [2.05, 4.69) is 10.3 Å². The number of aromatic nitrogens is 1. The normalized spacial score (nSPS) is 20.1. The van der Waals surface area contributed by atoms with Crippen LogP contribution >= 0.6 is 0 Å². The molecule has 1 atom stereocenters. The minimum absolute atomic E-state index is 0.114. The van der Waals surface area contributed by atoms with E-state index in [0.717, 1.165) is 19.4 Å². The van der Waals surface area contributed by atoms with Gasteiger partial charge in [-0.2, -0.15) is 0 Å². The molecule has 0 aliphatic carbocycles. The number of hydrogen-bond acceptors (Lipinski definition) is 4. The van der Waals surface area contributed by atoms with Crippen molar-refractivity contribution in [1.29, 1.82) is 0 Å². The van der Waals surface area contributed by atoms with Crippen molar-refractivity contribution in [2.45, 2.75) is 38.1 Å². The van der Waals surface area contributed by atoms with Crippen molar-refractivity contribution < 1.29 is 9.84 Å². The first-order valence-electron chi connectivity index (χ1n) is 6.36. The van der Waals surface area contributed by atoms with E-state index in [0.29, 0.717) is 18.5 Å². The third-order valence-electron chi connectivity index (χ3n) is 3.10. The first-order chi connectivity index (χ1) is 8.36. The summed E-state index contributed by atoms with van der Waals surface area (Å²) in [5, 5.41) is 13.0. The number of piperidine rings is 1. The minimum atomic E-state index is 0.114. The minimum Gasteiger partial charge on any atom is -0.503 e. The lowest BCUT2D eigenvalue weighted by Gasteiger charge is -2.23. The largest absolute Gasteiger partial charge is 0.503 e. The van der Waals surface area contributed by atoms with Crippen molar-refractivity contribution in [2.75, 3.05) is 13.2 Å². The first-order valence-corrected chi connectivity index (χ1v) is 6.36. The Morgan fingerprint density at radius 3 is 3.18 bits per heavy atom. The molecular weight excluding hydrogens is 216 g/mol. The van der Waals surface area contributed by atoms with Crippen LogP contribution in [0.2, 0.25) is 0 Å². The summed E-state index contributed by atoms with van der Waals surface area (Å²) in [5.41, 5.74) is 0. The zero-order valence-corrected chi connectivity index (χ0v) is 10.1. The summed E-state index contributed by atoms with van der Waals surface area (Å²) in [7, 11) is 0. The number of ether oxygens (including phenoxy) is 1. The quantitative estimate of drug-likeness (QED) is 0.769. The molecule has 4 heteroatoms. The number of hydrogen-bond donors (Lipinski definition) is 2. The van der Waals surface area contributed by atoms with Gasteiger partial charge < -0.3 is 15.2 Å². The molecule has 0 saturated carbocycles.